The summed E-state index contributed by atoms with van der Waals surface area (Å²) in [7, 11) is 0. The predicted octanol–water partition coefficient (Wildman–Crippen LogP) is 1.59. The van der Waals surface area contributed by atoms with Gasteiger partial charge in [-0.15, -0.1) is 0 Å². The third-order valence-corrected chi connectivity index (χ3v) is 1.96. The topological polar surface area (TPSA) is 61.6 Å². The van der Waals surface area contributed by atoms with E-state index in [1.54, 1.807) is 24.3 Å². The molecule has 0 aliphatic rings. The molecule has 1 rings (SSSR count). The van der Waals surface area contributed by atoms with Crippen LogP contribution in [-0.4, -0.2) is 25.7 Å². The molecule has 0 aromatic heterocycles. The molecule has 0 bridgehead atoms. The van der Waals surface area contributed by atoms with Crippen LogP contribution in [0.4, 0.5) is 0 Å². The van der Waals surface area contributed by atoms with E-state index < -0.39 is 5.91 Å². The van der Waals surface area contributed by atoms with Crippen LogP contribution in [0.1, 0.15) is 23.7 Å². The first kappa shape index (κ1) is 12.5. The van der Waals surface area contributed by atoms with Gasteiger partial charge in [-0.3, -0.25) is 4.79 Å². The van der Waals surface area contributed by atoms with Gasteiger partial charge in [0.05, 0.1) is 6.61 Å². The van der Waals surface area contributed by atoms with E-state index in [-0.39, 0.29) is 0 Å². The van der Waals surface area contributed by atoms with Gasteiger partial charge in [-0.1, -0.05) is 13.0 Å². The van der Waals surface area contributed by atoms with Crippen molar-refractivity contribution >= 4 is 5.91 Å². The summed E-state index contributed by atoms with van der Waals surface area (Å²) < 4.78 is 10.7. The number of benzene rings is 1. The smallest absolute Gasteiger partial charge is 0.248 e. The van der Waals surface area contributed by atoms with E-state index in [2.05, 4.69) is 6.92 Å². The lowest BCUT2D eigenvalue weighted by molar-refractivity contribution is 0.0990. The normalized spacial score (nSPS) is 10.1. The highest BCUT2D eigenvalue weighted by Gasteiger charge is 2.01. The highest BCUT2D eigenvalue weighted by Crippen LogP contribution is 2.12. The number of carbonyl (C=O) groups excluding carboxylic acids is 1. The van der Waals surface area contributed by atoms with E-state index in [0.29, 0.717) is 24.5 Å². The monoisotopic (exact) mass is 223 g/mol. The zero-order chi connectivity index (χ0) is 11.8. The van der Waals surface area contributed by atoms with Gasteiger partial charge < -0.3 is 15.2 Å². The fourth-order valence-electron chi connectivity index (χ4n) is 1.20. The number of rotatable bonds is 7. The Kier molecular flexibility index (Phi) is 5.36. The largest absolute Gasteiger partial charge is 0.491 e. The predicted molar refractivity (Wildman–Crippen MR) is 61.6 cm³/mol. The maximum Gasteiger partial charge on any atom is 0.248 e. The third-order valence-electron chi connectivity index (χ3n) is 1.96. The SMILES string of the molecule is CCCOCCOc1cccc(C(N)=O)c1. The average molecular weight is 223 g/mol. The fourth-order valence-corrected chi connectivity index (χ4v) is 1.20. The van der Waals surface area contributed by atoms with Crippen molar-refractivity contribution in [3.63, 3.8) is 0 Å². The summed E-state index contributed by atoms with van der Waals surface area (Å²) in [6.07, 6.45) is 0.997. The molecule has 4 heteroatoms. The zero-order valence-corrected chi connectivity index (χ0v) is 9.44. The molecule has 1 amide bonds. The summed E-state index contributed by atoms with van der Waals surface area (Å²) in [5, 5.41) is 0. The second-order valence-electron chi connectivity index (χ2n) is 3.35. The van der Waals surface area contributed by atoms with Crippen LogP contribution >= 0.6 is 0 Å². The van der Waals surface area contributed by atoms with Crippen molar-refractivity contribution in [2.45, 2.75) is 13.3 Å². The van der Waals surface area contributed by atoms with Crippen LogP contribution in [0, 0.1) is 0 Å². The Labute approximate surface area is 95.3 Å². The minimum absolute atomic E-state index is 0.451. The fraction of sp³-hybridized carbons (Fsp3) is 0.417. The van der Waals surface area contributed by atoms with Crippen molar-refractivity contribution in [1.82, 2.24) is 0 Å². The molecule has 16 heavy (non-hydrogen) atoms. The van der Waals surface area contributed by atoms with Gasteiger partial charge >= 0.3 is 0 Å². The van der Waals surface area contributed by atoms with E-state index in [0.717, 1.165) is 13.0 Å². The quantitative estimate of drug-likeness (QED) is 0.714. The number of nitrogens with two attached hydrogens (primary N) is 1. The van der Waals surface area contributed by atoms with Crippen LogP contribution in [0.5, 0.6) is 5.75 Å². The number of amides is 1. The summed E-state index contributed by atoms with van der Waals surface area (Å²) in [5.41, 5.74) is 5.61. The molecule has 4 nitrogen and oxygen atoms in total. The molecule has 0 unspecified atom stereocenters. The molecular weight excluding hydrogens is 206 g/mol. The van der Waals surface area contributed by atoms with E-state index in [1.165, 1.54) is 0 Å². The molecule has 0 aliphatic carbocycles. The molecule has 2 N–H and O–H groups in total. The maximum atomic E-state index is 10.9. The first-order chi connectivity index (χ1) is 7.74. The number of hydrogen-bond acceptors (Lipinski definition) is 3. The van der Waals surface area contributed by atoms with Crippen molar-refractivity contribution in [3.8, 4) is 5.75 Å². The molecule has 0 radical (unpaired) electrons. The third kappa shape index (κ3) is 4.31. The van der Waals surface area contributed by atoms with E-state index in [9.17, 15) is 4.79 Å². The van der Waals surface area contributed by atoms with E-state index in [1.807, 2.05) is 0 Å². The van der Waals surface area contributed by atoms with Crippen LogP contribution < -0.4 is 10.5 Å². The summed E-state index contributed by atoms with van der Waals surface area (Å²) in [5.74, 6) is 0.184. The molecule has 0 heterocycles. The Morgan fingerprint density at radius 1 is 1.31 bits per heavy atom. The van der Waals surface area contributed by atoms with Gasteiger partial charge in [0.1, 0.15) is 12.4 Å². The van der Waals surface area contributed by atoms with Crippen molar-refractivity contribution in [2.75, 3.05) is 19.8 Å². The molecule has 0 spiro atoms. The first-order valence-corrected chi connectivity index (χ1v) is 5.34. The Balaban J connectivity index is 2.36. The van der Waals surface area contributed by atoms with Gasteiger partial charge in [-0.2, -0.15) is 0 Å². The molecule has 1 aromatic rings. The molecule has 1 aromatic carbocycles. The van der Waals surface area contributed by atoms with Gasteiger partial charge in [-0.25, -0.2) is 0 Å². The van der Waals surface area contributed by atoms with Crippen molar-refractivity contribution in [3.05, 3.63) is 29.8 Å². The van der Waals surface area contributed by atoms with E-state index >= 15 is 0 Å². The average Bonchev–Trinajstić information content (AvgIpc) is 2.29. The second-order valence-corrected chi connectivity index (χ2v) is 3.35. The highest BCUT2D eigenvalue weighted by molar-refractivity contribution is 5.93. The van der Waals surface area contributed by atoms with Crippen LogP contribution in [0.25, 0.3) is 0 Å². The Hall–Kier alpha value is -1.55. The molecular formula is C12H17NO3. The Morgan fingerprint density at radius 2 is 2.12 bits per heavy atom. The standard InChI is InChI=1S/C12H17NO3/c1-2-6-15-7-8-16-11-5-3-4-10(9-11)12(13)14/h3-5,9H,2,6-8H2,1H3,(H2,13,14). The van der Waals surface area contributed by atoms with Crippen LogP contribution in [0.2, 0.25) is 0 Å². The molecule has 0 atom stereocenters. The minimum Gasteiger partial charge on any atom is -0.491 e. The summed E-state index contributed by atoms with van der Waals surface area (Å²) in [6, 6.07) is 6.81. The lowest BCUT2D eigenvalue weighted by Crippen LogP contribution is -2.11. The minimum atomic E-state index is -0.451. The van der Waals surface area contributed by atoms with Gasteiger partial charge in [0, 0.05) is 12.2 Å². The van der Waals surface area contributed by atoms with Crippen LogP contribution in [-0.2, 0) is 4.74 Å². The van der Waals surface area contributed by atoms with E-state index in [4.69, 9.17) is 15.2 Å². The van der Waals surface area contributed by atoms with Gasteiger partial charge in [-0.05, 0) is 24.6 Å². The van der Waals surface area contributed by atoms with Gasteiger partial charge in [0.25, 0.3) is 0 Å². The summed E-state index contributed by atoms with van der Waals surface area (Å²) >= 11 is 0. The molecule has 0 saturated heterocycles. The highest BCUT2D eigenvalue weighted by atomic mass is 16.5. The lowest BCUT2D eigenvalue weighted by Gasteiger charge is -2.07. The van der Waals surface area contributed by atoms with Crippen molar-refractivity contribution in [1.29, 1.82) is 0 Å². The zero-order valence-electron chi connectivity index (χ0n) is 9.44. The molecule has 88 valence electrons. The van der Waals surface area contributed by atoms with Crippen molar-refractivity contribution < 1.29 is 14.3 Å². The number of hydrogen-bond donors (Lipinski definition) is 1. The summed E-state index contributed by atoms with van der Waals surface area (Å²) in [6.45, 7) is 3.82. The Bertz CT molecular complexity index is 339. The van der Waals surface area contributed by atoms with Crippen molar-refractivity contribution in [2.24, 2.45) is 5.73 Å². The number of ether oxygens (including phenoxy) is 2. The lowest BCUT2D eigenvalue weighted by atomic mass is 10.2. The van der Waals surface area contributed by atoms with Gasteiger partial charge in [0.15, 0.2) is 0 Å². The molecule has 0 aliphatic heterocycles. The Morgan fingerprint density at radius 3 is 2.81 bits per heavy atom. The first-order valence-electron chi connectivity index (χ1n) is 5.34. The molecule has 0 saturated carbocycles. The van der Waals surface area contributed by atoms with Crippen LogP contribution in [0.15, 0.2) is 24.3 Å². The second kappa shape index (κ2) is 6.85. The van der Waals surface area contributed by atoms with Gasteiger partial charge in [0.2, 0.25) is 5.91 Å². The number of carbonyl (C=O) groups is 1. The summed E-state index contributed by atoms with van der Waals surface area (Å²) in [4.78, 5) is 10.9. The number of primary amides is 1. The maximum absolute atomic E-state index is 10.9. The van der Waals surface area contributed by atoms with Crippen LogP contribution in [0.3, 0.4) is 0 Å². The molecule has 0 fully saturated rings.